The third-order valence-electron chi connectivity index (χ3n) is 3.58. The van der Waals surface area contributed by atoms with E-state index in [9.17, 15) is 24.5 Å². The summed E-state index contributed by atoms with van der Waals surface area (Å²) in [6.07, 6.45) is 0. The molecule has 0 saturated heterocycles. The lowest BCUT2D eigenvalue weighted by molar-refractivity contribution is -0.384. The van der Waals surface area contributed by atoms with Gasteiger partial charge in [-0.05, 0) is 17.3 Å². The highest BCUT2D eigenvalue weighted by Gasteiger charge is 2.21. The van der Waals surface area contributed by atoms with Crippen molar-refractivity contribution in [3.8, 4) is 5.88 Å². The zero-order chi connectivity index (χ0) is 16.6. The van der Waals surface area contributed by atoms with Gasteiger partial charge in [-0.2, -0.15) is 0 Å². The fourth-order valence-corrected chi connectivity index (χ4v) is 2.47. The predicted molar refractivity (Wildman–Crippen MR) is 81.2 cm³/mol. The topological polar surface area (TPSA) is 97.7 Å². The molecule has 0 aliphatic rings. The number of non-ortho nitro benzene ring substituents is 1. The Morgan fingerprint density at radius 1 is 1.26 bits per heavy atom. The number of hydrogen-bond donors (Lipinski definition) is 1. The van der Waals surface area contributed by atoms with Gasteiger partial charge in [0.15, 0.2) is 5.69 Å². The van der Waals surface area contributed by atoms with Crippen LogP contribution < -0.4 is 0 Å². The summed E-state index contributed by atoms with van der Waals surface area (Å²) in [6, 6.07) is 9.79. The maximum absolute atomic E-state index is 13.8. The van der Waals surface area contributed by atoms with Gasteiger partial charge >= 0.3 is 0 Å². The van der Waals surface area contributed by atoms with Crippen LogP contribution in [0.25, 0.3) is 10.9 Å². The molecular weight excluding hydrogens is 305 g/mol. The first-order chi connectivity index (χ1) is 11.0. The van der Waals surface area contributed by atoms with E-state index < -0.39 is 16.6 Å². The van der Waals surface area contributed by atoms with Crippen LogP contribution in [0, 0.1) is 20.8 Å². The Labute approximate surface area is 128 Å². The molecule has 1 aromatic heterocycles. The van der Waals surface area contributed by atoms with E-state index in [1.807, 2.05) is 0 Å². The molecule has 7 nitrogen and oxygen atoms in total. The van der Waals surface area contributed by atoms with E-state index in [1.165, 1.54) is 28.8 Å². The van der Waals surface area contributed by atoms with E-state index in [1.54, 1.807) is 12.1 Å². The molecule has 0 radical (unpaired) electrons. The van der Waals surface area contributed by atoms with Crippen LogP contribution in [0.3, 0.4) is 0 Å². The van der Waals surface area contributed by atoms with Crippen molar-refractivity contribution in [2.24, 2.45) is 5.18 Å². The summed E-state index contributed by atoms with van der Waals surface area (Å²) < 4.78 is 15.1. The zero-order valence-corrected chi connectivity index (χ0v) is 11.6. The van der Waals surface area contributed by atoms with Crippen LogP contribution in [0.4, 0.5) is 15.8 Å². The second-order valence-corrected chi connectivity index (χ2v) is 4.90. The molecule has 0 aliphatic carbocycles. The molecule has 0 amide bonds. The summed E-state index contributed by atoms with van der Waals surface area (Å²) in [5.74, 6) is -0.921. The van der Waals surface area contributed by atoms with Gasteiger partial charge in [-0.1, -0.05) is 18.2 Å². The lowest BCUT2D eigenvalue weighted by atomic mass is 10.2. The fraction of sp³-hybridized carbons (Fsp3) is 0.0667. The average Bonchev–Trinajstić information content (AvgIpc) is 2.80. The first-order valence-electron chi connectivity index (χ1n) is 6.59. The van der Waals surface area contributed by atoms with Crippen molar-refractivity contribution in [1.29, 1.82) is 0 Å². The molecule has 2 aromatic carbocycles. The van der Waals surface area contributed by atoms with Crippen molar-refractivity contribution in [1.82, 2.24) is 4.57 Å². The SMILES string of the molecule is O=Nc1c(O)n(Cc2ccccc2F)c2ccc([N+](=O)[O-])cc12. The molecule has 116 valence electrons. The quantitative estimate of drug-likeness (QED) is 0.449. The van der Waals surface area contributed by atoms with Gasteiger partial charge in [-0.15, -0.1) is 4.91 Å². The van der Waals surface area contributed by atoms with Gasteiger partial charge in [0.1, 0.15) is 5.82 Å². The number of aromatic nitrogens is 1. The molecule has 0 bridgehead atoms. The third kappa shape index (κ3) is 2.39. The molecule has 0 fully saturated rings. The van der Waals surface area contributed by atoms with Crippen LogP contribution in [0.15, 0.2) is 47.6 Å². The fourth-order valence-electron chi connectivity index (χ4n) is 2.47. The first kappa shape index (κ1) is 14.6. The molecule has 3 rings (SSSR count). The highest BCUT2D eigenvalue weighted by Crippen LogP contribution is 2.40. The highest BCUT2D eigenvalue weighted by atomic mass is 19.1. The predicted octanol–water partition coefficient (Wildman–Crippen LogP) is 3.84. The smallest absolute Gasteiger partial charge is 0.270 e. The molecule has 0 unspecified atom stereocenters. The van der Waals surface area contributed by atoms with Crippen LogP contribution in [0.2, 0.25) is 0 Å². The number of aromatic hydroxyl groups is 1. The molecule has 23 heavy (non-hydrogen) atoms. The number of hydrogen-bond acceptors (Lipinski definition) is 5. The van der Waals surface area contributed by atoms with Crippen molar-refractivity contribution in [3.05, 3.63) is 68.9 Å². The maximum atomic E-state index is 13.8. The number of benzene rings is 2. The Hall–Kier alpha value is -3.29. The molecule has 0 atom stereocenters. The molecule has 0 spiro atoms. The number of halogens is 1. The summed E-state index contributed by atoms with van der Waals surface area (Å²) >= 11 is 0. The number of rotatable bonds is 4. The highest BCUT2D eigenvalue weighted by molar-refractivity contribution is 5.96. The molecule has 0 saturated carbocycles. The van der Waals surface area contributed by atoms with Crippen molar-refractivity contribution < 1.29 is 14.4 Å². The van der Waals surface area contributed by atoms with Crippen molar-refractivity contribution in [2.45, 2.75) is 6.54 Å². The third-order valence-corrected chi connectivity index (χ3v) is 3.58. The lowest BCUT2D eigenvalue weighted by Gasteiger charge is -2.08. The van der Waals surface area contributed by atoms with Gasteiger partial charge in [-0.3, -0.25) is 10.1 Å². The van der Waals surface area contributed by atoms with E-state index in [0.29, 0.717) is 11.1 Å². The second-order valence-electron chi connectivity index (χ2n) is 4.90. The molecule has 1 heterocycles. The summed E-state index contributed by atoms with van der Waals surface area (Å²) in [6.45, 7) is -0.0393. The molecule has 1 N–H and O–H groups in total. The van der Waals surface area contributed by atoms with E-state index in [0.717, 1.165) is 6.07 Å². The number of nitroso groups, excluding NO2 is 1. The van der Waals surface area contributed by atoms with Crippen LogP contribution in [0.1, 0.15) is 5.56 Å². The van der Waals surface area contributed by atoms with E-state index in [4.69, 9.17) is 0 Å². The Balaban J connectivity index is 2.21. The molecule has 3 aromatic rings. The monoisotopic (exact) mass is 315 g/mol. The van der Waals surface area contributed by atoms with Gasteiger partial charge in [0.2, 0.25) is 5.88 Å². The van der Waals surface area contributed by atoms with Gasteiger partial charge in [-0.25, -0.2) is 4.39 Å². The van der Waals surface area contributed by atoms with E-state index >= 15 is 0 Å². The number of fused-ring (bicyclic) bond motifs is 1. The molecule has 0 aliphatic heterocycles. The van der Waals surface area contributed by atoms with Crippen LogP contribution >= 0.6 is 0 Å². The summed E-state index contributed by atoms with van der Waals surface area (Å²) in [5, 5.41) is 23.9. The van der Waals surface area contributed by atoms with Crippen LogP contribution in [-0.4, -0.2) is 14.6 Å². The molecule has 8 heteroatoms. The Morgan fingerprint density at radius 2 is 2.00 bits per heavy atom. The van der Waals surface area contributed by atoms with Crippen LogP contribution in [-0.2, 0) is 6.54 Å². The Morgan fingerprint density at radius 3 is 2.65 bits per heavy atom. The minimum Gasteiger partial charge on any atom is -0.493 e. The molecular formula is C15H10FN3O4. The lowest BCUT2D eigenvalue weighted by Crippen LogP contribution is -2.01. The minimum atomic E-state index is -0.612. The van der Waals surface area contributed by atoms with E-state index in [-0.39, 0.29) is 23.3 Å². The zero-order valence-electron chi connectivity index (χ0n) is 11.6. The van der Waals surface area contributed by atoms with Gasteiger partial charge in [0.25, 0.3) is 5.69 Å². The minimum absolute atomic E-state index is 0.0393. The van der Waals surface area contributed by atoms with Crippen molar-refractivity contribution >= 4 is 22.3 Å². The van der Waals surface area contributed by atoms with Gasteiger partial charge < -0.3 is 9.67 Å². The summed E-state index contributed by atoms with van der Waals surface area (Å²) in [7, 11) is 0. The van der Waals surface area contributed by atoms with E-state index in [2.05, 4.69) is 5.18 Å². The van der Waals surface area contributed by atoms with Crippen LogP contribution in [0.5, 0.6) is 5.88 Å². The summed E-state index contributed by atoms with van der Waals surface area (Å²) in [4.78, 5) is 21.2. The number of nitro groups is 1. The Bertz CT molecular complexity index is 936. The first-order valence-corrected chi connectivity index (χ1v) is 6.59. The second kappa shape index (κ2) is 5.48. The van der Waals surface area contributed by atoms with Crippen molar-refractivity contribution in [3.63, 3.8) is 0 Å². The normalized spacial score (nSPS) is 10.8. The Kier molecular flexibility index (Phi) is 3.49. The van der Waals surface area contributed by atoms with Crippen molar-refractivity contribution in [2.75, 3.05) is 0 Å². The number of nitrogens with zero attached hydrogens (tertiary/aromatic N) is 3. The standard InChI is InChI=1S/C15H10FN3O4/c16-12-4-2-1-3-9(12)8-18-13-6-5-10(19(22)23)7-11(13)14(17-21)15(18)20/h1-7,20H,8H2. The maximum Gasteiger partial charge on any atom is 0.270 e. The van der Waals surface area contributed by atoms with Gasteiger partial charge in [0.05, 0.1) is 17.0 Å². The number of nitro benzene ring substituents is 1. The largest absolute Gasteiger partial charge is 0.493 e. The average molecular weight is 315 g/mol. The summed E-state index contributed by atoms with van der Waals surface area (Å²) in [5.41, 5.74) is 0.118. The van der Waals surface area contributed by atoms with Gasteiger partial charge in [0, 0.05) is 23.1 Å².